The number of aromatic nitrogens is 1. The molecule has 3 N–H and O–H groups in total. The van der Waals surface area contributed by atoms with Gasteiger partial charge in [0.1, 0.15) is 5.82 Å². The van der Waals surface area contributed by atoms with Gasteiger partial charge in [-0.15, -0.1) is 0 Å². The van der Waals surface area contributed by atoms with Crippen LogP contribution in [0.15, 0.2) is 18.3 Å². The van der Waals surface area contributed by atoms with E-state index in [0.717, 1.165) is 25.5 Å². The fraction of sp³-hybridized carbons (Fsp3) is 0.455. The highest BCUT2D eigenvalue weighted by molar-refractivity contribution is 5.93. The van der Waals surface area contributed by atoms with Gasteiger partial charge in [0.15, 0.2) is 0 Å². The second kappa shape index (κ2) is 4.49. The van der Waals surface area contributed by atoms with Gasteiger partial charge in [0.2, 0.25) is 5.91 Å². The van der Waals surface area contributed by atoms with E-state index in [1.54, 1.807) is 18.3 Å². The molecule has 1 aliphatic rings. The van der Waals surface area contributed by atoms with E-state index >= 15 is 0 Å². The summed E-state index contributed by atoms with van der Waals surface area (Å²) in [6.07, 6.45) is 1.63. The molecule has 1 aromatic heterocycles. The molecule has 0 aromatic carbocycles. The van der Waals surface area contributed by atoms with Crippen LogP contribution in [0.25, 0.3) is 0 Å². The smallest absolute Gasteiger partial charge is 0.248 e. The molecule has 0 radical (unpaired) electrons. The monoisotopic (exact) mass is 220 g/mol. The number of carbonyl (C=O) groups excluding carboxylic acids is 1. The summed E-state index contributed by atoms with van der Waals surface area (Å²) in [6, 6.07) is 3.77. The van der Waals surface area contributed by atoms with Gasteiger partial charge in [-0.3, -0.25) is 4.79 Å². The SMILES string of the molecule is CC1CNCCN1c1cc(C(N)=O)ccn1. The van der Waals surface area contributed by atoms with Gasteiger partial charge in [0, 0.05) is 37.4 Å². The van der Waals surface area contributed by atoms with E-state index in [-0.39, 0.29) is 0 Å². The molecule has 2 rings (SSSR count). The minimum atomic E-state index is -0.411. The van der Waals surface area contributed by atoms with Crippen LogP contribution in [0, 0.1) is 0 Å². The fourth-order valence-corrected chi connectivity index (χ4v) is 1.91. The van der Waals surface area contributed by atoms with Crippen LogP contribution < -0.4 is 16.0 Å². The first-order chi connectivity index (χ1) is 7.68. The van der Waals surface area contributed by atoms with Crippen LogP contribution in [0.1, 0.15) is 17.3 Å². The summed E-state index contributed by atoms with van der Waals surface area (Å²) in [6.45, 7) is 4.90. The molecule has 1 aromatic rings. The zero-order valence-corrected chi connectivity index (χ0v) is 9.31. The highest BCUT2D eigenvalue weighted by atomic mass is 16.1. The lowest BCUT2D eigenvalue weighted by atomic mass is 10.2. The van der Waals surface area contributed by atoms with Crippen molar-refractivity contribution >= 4 is 11.7 Å². The maximum atomic E-state index is 11.1. The Balaban J connectivity index is 2.25. The molecule has 1 aliphatic heterocycles. The van der Waals surface area contributed by atoms with E-state index < -0.39 is 5.91 Å². The van der Waals surface area contributed by atoms with Crippen molar-refractivity contribution in [2.45, 2.75) is 13.0 Å². The van der Waals surface area contributed by atoms with Gasteiger partial charge in [0.25, 0.3) is 0 Å². The topological polar surface area (TPSA) is 71.2 Å². The molecule has 1 saturated heterocycles. The number of nitrogens with one attached hydrogen (secondary N) is 1. The Hall–Kier alpha value is -1.62. The molecular formula is C11H16N4O. The number of hydrogen-bond donors (Lipinski definition) is 2. The van der Waals surface area contributed by atoms with Crippen LogP contribution in [0.3, 0.4) is 0 Å². The molecule has 0 bridgehead atoms. The summed E-state index contributed by atoms with van der Waals surface area (Å²) in [4.78, 5) is 17.6. The molecule has 1 atom stereocenters. The fourth-order valence-electron chi connectivity index (χ4n) is 1.91. The van der Waals surface area contributed by atoms with Gasteiger partial charge >= 0.3 is 0 Å². The van der Waals surface area contributed by atoms with Crippen molar-refractivity contribution in [2.24, 2.45) is 5.73 Å². The molecule has 0 aliphatic carbocycles. The third-order valence-electron chi connectivity index (χ3n) is 2.83. The number of carbonyl (C=O) groups is 1. The van der Waals surface area contributed by atoms with E-state index in [1.807, 2.05) is 0 Å². The van der Waals surface area contributed by atoms with Crippen molar-refractivity contribution in [2.75, 3.05) is 24.5 Å². The maximum Gasteiger partial charge on any atom is 0.248 e. The Kier molecular flexibility index (Phi) is 3.05. The van der Waals surface area contributed by atoms with Gasteiger partial charge in [-0.05, 0) is 19.1 Å². The molecule has 1 fully saturated rings. The lowest BCUT2D eigenvalue weighted by Gasteiger charge is -2.34. The molecule has 16 heavy (non-hydrogen) atoms. The van der Waals surface area contributed by atoms with Crippen LogP contribution in [-0.4, -0.2) is 36.6 Å². The second-order valence-electron chi connectivity index (χ2n) is 4.01. The van der Waals surface area contributed by atoms with Crippen molar-refractivity contribution in [3.8, 4) is 0 Å². The molecule has 1 amide bonds. The predicted molar refractivity (Wildman–Crippen MR) is 62.4 cm³/mol. The summed E-state index contributed by atoms with van der Waals surface area (Å²) >= 11 is 0. The van der Waals surface area contributed by atoms with Crippen LogP contribution in [0.4, 0.5) is 5.82 Å². The summed E-state index contributed by atoms with van der Waals surface area (Å²) in [5.41, 5.74) is 5.76. The first-order valence-electron chi connectivity index (χ1n) is 5.41. The minimum absolute atomic E-state index is 0.379. The second-order valence-corrected chi connectivity index (χ2v) is 4.01. The van der Waals surface area contributed by atoms with E-state index in [4.69, 9.17) is 5.73 Å². The first-order valence-corrected chi connectivity index (χ1v) is 5.41. The standard InChI is InChI=1S/C11H16N4O/c1-8-7-13-4-5-15(8)10-6-9(11(12)16)2-3-14-10/h2-3,6,8,13H,4-5,7H2,1H3,(H2,12,16). The number of piperazine rings is 1. The van der Waals surface area contributed by atoms with Crippen molar-refractivity contribution in [1.82, 2.24) is 10.3 Å². The first kappa shape index (κ1) is 10.9. The number of nitrogens with zero attached hydrogens (tertiary/aromatic N) is 2. The number of nitrogens with two attached hydrogens (primary N) is 1. The average Bonchev–Trinajstić information content (AvgIpc) is 2.30. The zero-order chi connectivity index (χ0) is 11.5. The summed E-state index contributed by atoms with van der Waals surface area (Å²) < 4.78 is 0. The van der Waals surface area contributed by atoms with E-state index in [9.17, 15) is 4.79 Å². The van der Waals surface area contributed by atoms with Crippen molar-refractivity contribution in [3.05, 3.63) is 23.9 Å². The van der Waals surface area contributed by atoms with Gasteiger partial charge in [-0.1, -0.05) is 0 Å². The lowest BCUT2D eigenvalue weighted by molar-refractivity contribution is 0.1000. The van der Waals surface area contributed by atoms with E-state index in [2.05, 4.69) is 22.1 Å². The molecule has 2 heterocycles. The normalized spacial score (nSPS) is 20.8. The third kappa shape index (κ3) is 2.14. The van der Waals surface area contributed by atoms with Crippen molar-refractivity contribution < 1.29 is 4.79 Å². The molecule has 1 unspecified atom stereocenters. The van der Waals surface area contributed by atoms with Crippen LogP contribution in [0.2, 0.25) is 0 Å². The highest BCUT2D eigenvalue weighted by Crippen LogP contribution is 2.16. The lowest BCUT2D eigenvalue weighted by Crippen LogP contribution is -2.50. The quantitative estimate of drug-likeness (QED) is 0.734. The number of hydrogen-bond acceptors (Lipinski definition) is 4. The molecule has 0 saturated carbocycles. The Morgan fingerprint density at radius 3 is 3.19 bits per heavy atom. The maximum absolute atomic E-state index is 11.1. The molecule has 5 heteroatoms. The van der Waals surface area contributed by atoms with Gasteiger partial charge in [-0.25, -0.2) is 4.98 Å². The van der Waals surface area contributed by atoms with E-state index in [1.165, 1.54) is 0 Å². The van der Waals surface area contributed by atoms with Gasteiger partial charge in [-0.2, -0.15) is 0 Å². The van der Waals surface area contributed by atoms with Crippen LogP contribution in [0.5, 0.6) is 0 Å². The van der Waals surface area contributed by atoms with Crippen molar-refractivity contribution in [3.63, 3.8) is 0 Å². The summed E-state index contributed by atoms with van der Waals surface area (Å²) in [5, 5.41) is 3.31. The third-order valence-corrected chi connectivity index (χ3v) is 2.83. The Morgan fingerprint density at radius 1 is 1.69 bits per heavy atom. The highest BCUT2D eigenvalue weighted by Gasteiger charge is 2.19. The van der Waals surface area contributed by atoms with Crippen LogP contribution in [-0.2, 0) is 0 Å². The zero-order valence-electron chi connectivity index (χ0n) is 9.31. The predicted octanol–water partition coefficient (Wildman–Crippen LogP) is -0.0214. The molecule has 0 spiro atoms. The van der Waals surface area contributed by atoms with Crippen LogP contribution >= 0.6 is 0 Å². The number of anilines is 1. The average molecular weight is 220 g/mol. The Labute approximate surface area is 94.6 Å². The summed E-state index contributed by atoms with van der Waals surface area (Å²) in [5.74, 6) is 0.414. The Morgan fingerprint density at radius 2 is 2.50 bits per heavy atom. The molecule has 5 nitrogen and oxygen atoms in total. The van der Waals surface area contributed by atoms with E-state index in [0.29, 0.717) is 11.6 Å². The molecule has 86 valence electrons. The number of rotatable bonds is 2. The van der Waals surface area contributed by atoms with Gasteiger partial charge in [0.05, 0.1) is 0 Å². The molecular weight excluding hydrogens is 204 g/mol. The minimum Gasteiger partial charge on any atom is -0.366 e. The Bertz CT molecular complexity index is 393. The summed E-state index contributed by atoms with van der Waals surface area (Å²) in [7, 11) is 0. The number of pyridine rings is 1. The number of amides is 1. The number of primary amides is 1. The van der Waals surface area contributed by atoms with Gasteiger partial charge < -0.3 is 16.0 Å². The van der Waals surface area contributed by atoms with Crippen molar-refractivity contribution in [1.29, 1.82) is 0 Å². The largest absolute Gasteiger partial charge is 0.366 e.